The van der Waals surface area contributed by atoms with Crippen LogP contribution >= 0.6 is 0 Å². The van der Waals surface area contributed by atoms with E-state index >= 15 is 0 Å². The van der Waals surface area contributed by atoms with Gasteiger partial charge in [0.25, 0.3) is 15.9 Å². The van der Waals surface area contributed by atoms with Crippen molar-refractivity contribution >= 4 is 21.6 Å². The van der Waals surface area contributed by atoms with Crippen LogP contribution < -0.4 is 9.62 Å². The number of amides is 1. The molecule has 0 heterocycles. The van der Waals surface area contributed by atoms with E-state index in [1.165, 1.54) is 35.6 Å². The molecule has 0 aliphatic heterocycles. The number of carbonyl (C=O) groups is 1. The lowest BCUT2D eigenvalue weighted by atomic mass is 10.1. The number of hydrogen-bond donors (Lipinski definition) is 1. The van der Waals surface area contributed by atoms with Gasteiger partial charge < -0.3 is 5.32 Å². The first kappa shape index (κ1) is 19.0. The molecule has 5 nitrogen and oxygen atoms in total. The summed E-state index contributed by atoms with van der Waals surface area (Å²) in [4.78, 5) is 12.4. The van der Waals surface area contributed by atoms with Crippen molar-refractivity contribution in [2.45, 2.75) is 31.7 Å². The van der Waals surface area contributed by atoms with Crippen molar-refractivity contribution in [2.24, 2.45) is 5.92 Å². The molecule has 0 aliphatic rings. The fourth-order valence-electron chi connectivity index (χ4n) is 2.17. The highest BCUT2D eigenvalue weighted by Gasteiger charge is 2.21. The zero-order valence-electron chi connectivity index (χ0n) is 14.9. The first-order chi connectivity index (χ1) is 11.7. The highest BCUT2D eigenvalue weighted by atomic mass is 32.2. The predicted molar refractivity (Wildman–Crippen MR) is 100 cm³/mol. The second-order valence-electron chi connectivity index (χ2n) is 6.34. The Morgan fingerprint density at radius 2 is 1.52 bits per heavy atom. The minimum atomic E-state index is -3.67. The van der Waals surface area contributed by atoms with E-state index in [0.717, 1.165) is 0 Å². The monoisotopic (exact) mass is 360 g/mol. The van der Waals surface area contributed by atoms with Gasteiger partial charge in [-0.15, -0.1) is 0 Å². The molecule has 2 aromatic carbocycles. The molecule has 0 unspecified atom stereocenters. The van der Waals surface area contributed by atoms with Gasteiger partial charge in [-0.1, -0.05) is 32.0 Å². The van der Waals surface area contributed by atoms with Crippen molar-refractivity contribution in [3.05, 3.63) is 60.2 Å². The Kier molecular flexibility index (Phi) is 5.85. The summed E-state index contributed by atoms with van der Waals surface area (Å²) < 4.78 is 26.6. The summed E-state index contributed by atoms with van der Waals surface area (Å²) in [6.07, 6.45) is 0. The molecule has 2 aromatic rings. The number of benzene rings is 2. The average Bonchev–Trinajstić information content (AvgIpc) is 2.61. The number of nitrogens with one attached hydrogen (secondary N) is 1. The number of sulfonamides is 1. The highest BCUT2D eigenvalue weighted by Crippen LogP contribution is 2.21. The Morgan fingerprint density at radius 3 is 2.04 bits per heavy atom. The molecule has 0 bridgehead atoms. The van der Waals surface area contributed by atoms with Crippen molar-refractivity contribution in [3.8, 4) is 0 Å². The Morgan fingerprint density at radius 1 is 0.960 bits per heavy atom. The normalized spacial score (nSPS) is 12.7. The Labute approximate surface area is 149 Å². The third kappa shape index (κ3) is 4.39. The molecule has 0 spiro atoms. The molecule has 25 heavy (non-hydrogen) atoms. The van der Waals surface area contributed by atoms with E-state index in [1.54, 1.807) is 24.3 Å². The van der Waals surface area contributed by atoms with Crippen molar-refractivity contribution in [1.82, 2.24) is 5.32 Å². The summed E-state index contributed by atoms with van der Waals surface area (Å²) >= 11 is 0. The van der Waals surface area contributed by atoms with Crippen molar-refractivity contribution in [2.75, 3.05) is 11.4 Å². The Balaban J connectivity index is 2.20. The van der Waals surface area contributed by atoms with Crippen LogP contribution in [0.3, 0.4) is 0 Å². The summed E-state index contributed by atoms with van der Waals surface area (Å²) in [6.45, 7) is 6.00. The molecule has 0 saturated heterocycles. The smallest absolute Gasteiger partial charge is 0.264 e. The number of para-hydroxylation sites is 1. The number of carbonyl (C=O) groups excluding carboxylic acids is 1. The molecule has 2 rings (SSSR count). The van der Waals surface area contributed by atoms with E-state index in [4.69, 9.17) is 0 Å². The summed E-state index contributed by atoms with van der Waals surface area (Å²) in [7, 11) is -2.16. The van der Waals surface area contributed by atoms with Crippen LogP contribution in [0.1, 0.15) is 31.1 Å². The number of hydrogen-bond acceptors (Lipinski definition) is 3. The summed E-state index contributed by atoms with van der Waals surface area (Å²) in [6, 6.07) is 14.9. The van der Waals surface area contributed by atoms with Gasteiger partial charge in [0.15, 0.2) is 0 Å². The van der Waals surface area contributed by atoms with Crippen LogP contribution in [0.25, 0.3) is 0 Å². The number of anilines is 1. The van der Waals surface area contributed by atoms with Gasteiger partial charge in [-0.3, -0.25) is 9.10 Å². The third-order valence-electron chi connectivity index (χ3n) is 4.25. The molecule has 1 N–H and O–H groups in total. The van der Waals surface area contributed by atoms with Crippen LogP contribution in [0.2, 0.25) is 0 Å². The predicted octanol–water partition coefficient (Wildman–Crippen LogP) is 3.29. The molecule has 6 heteroatoms. The van der Waals surface area contributed by atoms with E-state index < -0.39 is 10.0 Å². The zero-order valence-corrected chi connectivity index (χ0v) is 15.7. The van der Waals surface area contributed by atoms with E-state index in [1.807, 2.05) is 26.8 Å². The fourth-order valence-corrected chi connectivity index (χ4v) is 3.37. The molecule has 0 aromatic heterocycles. The van der Waals surface area contributed by atoms with Gasteiger partial charge in [0.1, 0.15) is 0 Å². The minimum absolute atomic E-state index is 0.0418. The second kappa shape index (κ2) is 7.70. The van der Waals surface area contributed by atoms with Gasteiger partial charge in [0.05, 0.1) is 10.6 Å². The van der Waals surface area contributed by atoms with Crippen LogP contribution in [0, 0.1) is 5.92 Å². The minimum Gasteiger partial charge on any atom is -0.349 e. The zero-order chi connectivity index (χ0) is 18.6. The Hall–Kier alpha value is -2.34. The van der Waals surface area contributed by atoms with Gasteiger partial charge in [-0.25, -0.2) is 8.42 Å². The van der Waals surface area contributed by atoms with Crippen LogP contribution in [-0.2, 0) is 10.0 Å². The third-order valence-corrected chi connectivity index (χ3v) is 6.05. The quantitative estimate of drug-likeness (QED) is 0.860. The maximum absolute atomic E-state index is 12.7. The average molecular weight is 360 g/mol. The molecule has 0 saturated carbocycles. The highest BCUT2D eigenvalue weighted by molar-refractivity contribution is 7.92. The summed E-state index contributed by atoms with van der Waals surface area (Å²) in [5.41, 5.74) is 1.02. The SMILES string of the molecule is CC(C)[C@@H](C)NC(=O)c1ccc(S(=O)(=O)N(C)c2ccccc2)cc1. The standard InChI is InChI=1S/C19H24N2O3S/c1-14(2)15(3)20-19(22)16-10-12-18(13-11-16)25(23,24)21(4)17-8-6-5-7-9-17/h5-15H,1-4H3,(H,20,22)/t15-/m1/s1. The first-order valence-electron chi connectivity index (χ1n) is 8.18. The van der Waals surface area contributed by atoms with E-state index in [2.05, 4.69) is 5.32 Å². The Bertz CT molecular complexity index is 816. The van der Waals surface area contributed by atoms with Gasteiger partial charge >= 0.3 is 0 Å². The maximum Gasteiger partial charge on any atom is 0.264 e. The molecular formula is C19H24N2O3S. The van der Waals surface area contributed by atoms with Crippen LogP contribution in [0.5, 0.6) is 0 Å². The molecule has 0 aliphatic carbocycles. The lowest BCUT2D eigenvalue weighted by molar-refractivity contribution is 0.0930. The van der Waals surface area contributed by atoms with Crippen LogP contribution in [0.4, 0.5) is 5.69 Å². The van der Waals surface area contributed by atoms with Crippen molar-refractivity contribution in [1.29, 1.82) is 0 Å². The fraction of sp³-hybridized carbons (Fsp3) is 0.316. The molecule has 0 fully saturated rings. The first-order valence-corrected chi connectivity index (χ1v) is 9.62. The molecule has 0 radical (unpaired) electrons. The lowest BCUT2D eigenvalue weighted by Crippen LogP contribution is -2.36. The van der Waals surface area contributed by atoms with Gasteiger partial charge in [0.2, 0.25) is 0 Å². The van der Waals surface area contributed by atoms with E-state index in [0.29, 0.717) is 17.2 Å². The number of rotatable bonds is 6. The largest absolute Gasteiger partial charge is 0.349 e. The van der Waals surface area contributed by atoms with Crippen molar-refractivity contribution < 1.29 is 13.2 Å². The molecule has 1 atom stereocenters. The van der Waals surface area contributed by atoms with Gasteiger partial charge in [-0.2, -0.15) is 0 Å². The summed E-state index contributed by atoms with van der Waals surface area (Å²) in [5.74, 6) is 0.115. The summed E-state index contributed by atoms with van der Waals surface area (Å²) in [5, 5.41) is 2.90. The van der Waals surface area contributed by atoms with E-state index in [9.17, 15) is 13.2 Å². The van der Waals surface area contributed by atoms with E-state index in [-0.39, 0.29) is 16.8 Å². The topological polar surface area (TPSA) is 66.5 Å². The van der Waals surface area contributed by atoms with Gasteiger partial charge in [-0.05, 0) is 49.2 Å². The molecule has 134 valence electrons. The molecule has 1 amide bonds. The number of nitrogens with zero attached hydrogens (tertiary/aromatic N) is 1. The maximum atomic E-state index is 12.7. The van der Waals surface area contributed by atoms with Crippen molar-refractivity contribution in [3.63, 3.8) is 0 Å². The lowest BCUT2D eigenvalue weighted by Gasteiger charge is -2.20. The molecular weight excluding hydrogens is 336 g/mol. The second-order valence-corrected chi connectivity index (χ2v) is 8.31. The van der Waals surface area contributed by atoms with Crippen LogP contribution in [-0.4, -0.2) is 27.4 Å². The van der Waals surface area contributed by atoms with Gasteiger partial charge in [0, 0.05) is 18.7 Å². The van der Waals surface area contributed by atoms with Crippen LogP contribution in [0.15, 0.2) is 59.5 Å².